The number of hydrogen-bond acceptors (Lipinski definition) is 5. The maximum atomic E-state index is 12.7. The fourth-order valence-electron chi connectivity index (χ4n) is 3.33. The topological polar surface area (TPSA) is 86.4 Å². The van der Waals surface area contributed by atoms with Crippen LogP contribution in [0.4, 0.5) is 5.69 Å². The van der Waals surface area contributed by atoms with Crippen LogP contribution < -0.4 is 5.32 Å². The lowest BCUT2D eigenvalue weighted by Gasteiger charge is -2.04. The van der Waals surface area contributed by atoms with Crippen molar-refractivity contribution in [2.75, 3.05) is 12.4 Å². The van der Waals surface area contributed by atoms with E-state index in [0.717, 1.165) is 16.7 Å². The summed E-state index contributed by atoms with van der Waals surface area (Å²) < 4.78 is 11.7. The van der Waals surface area contributed by atoms with E-state index in [9.17, 15) is 9.59 Å². The van der Waals surface area contributed by atoms with E-state index in [1.54, 1.807) is 29.2 Å². The summed E-state index contributed by atoms with van der Waals surface area (Å²) in [5.41, 5.74) is 4.66. The molecule has 0 aliphatic heterocycles. The van der Waals surface area contributed by atoms with Gasteiger partial charge >= 0.3 is 5.97 Å². The first kappa shape index (κ1) is 17.8. The van der Waals surface area contributed by atoms with Gasteiger partial charge in [0.05, 0.1) is 25.5 Å². The lowest BCUT2D eigenvalue weighted by molar-refractivity contribution is -0.112. The van der Waals surface area contributed by atoms with Gasteiger partial charge in [0.2, 0.25) is 5.76 Å². The summed E-state index contributed by atoms with van der Waals surface area (Å²) in [5.74, 6) is 0.0488. The molecular formula is C21H19N3O4. The minimum atomic E-state index is -0.527. The van der Waals surface area contributed by atoms with E-state index in [1.807, 2.05) is 31.2 Å². The molecule has 1 aromatic carbocycles. The molecule has 0 radical (unpaired) electrons. The summed E-state index contributed by atoms with van der Waals surface area (Å²) in [4.78, 5) is 24.1. The van der Waals surface area contributed by atoms with Crippen LogP contribution in [0.25, 0.3) is 5.57 Å². The Morgan fingerprint density at radius 2 is 2.07 bits per heavy atom. The predicted octanol–water partition coefficient (Wildman–Crippen LogP) is 3.28. The summed E-state index contributed by atoms with van der Waals surface area (Å²) in [6.45, 7) is 2.31. The first-order chi connectivity index (χ1) is 13.5. The molecule has 7 heteroatoms. The number of ether oxygens (including phenoxy) is 1. The molecule has 142 valence electrons. The quantitative estimate of drug-likeness (QED) is 0.690. The Morgan fingerprint density at radius 1 is 1.25 bits per heavy atom. The molecule has 1 N–H and O–H groups in total. The van der Waals surface area contributed by atoms with Gasteiger partial charge in [-0.15, -0.1) is 0 Å². The molecule has 0 atom stereocenters. The highest BCUT2D eigenvalue weighted by Crippen LogP contribution is 2.32. The molecule has 0 saturated carbocycles. The Bertz CT molecular complexity index is 1090. The van der Waals surface area contributed by atoms with Crippen LogP contribution in [-0.2, 0) is 22.5 Å². The summed E-state index contributed by atoms with van der Waals surface area (Å²) >= 11 is 0. The van der Waals surface area contributed by atoms with Crippen molar-refractivity contribution in [1.82, 2.24) is 9.78 Å². The van der Waals surface area contributed by atoms with Gasteiger partial charge in [-0.05, 0) is 35.8 Å². The van der Waals surface area contributed by atoms with Crippen LogP contribution in [0.5, 0.6) is 0 Å². The molecule has 0 unspecified atom stereocenters. The number of aromatic nitrogens is 2. The maximum absolute atomic E-state index is 12.7. The summed E-state index contributed by atoms with van der Waals surface area (Å²) in [6, 6.07) is 11.3. The molecule has 2 heterocycles. The van der Waals surface area contributed by atoms with Gasteiger partial charge < -0.3 is 14.5 Å². The number of allylic oxidation sites excluding steroid dienone is 1. The zero-order valence-corrected chi connectivity index (χ0v) is 15.6. The number of methoxy groups -OCH3 is 1. The molecular weight excluding hydrogens is 358 g/mol. The van der Waals surface area contributed by atoms with Gasteiger partial charge in [0, 0.05) is 18.2 Å². The molecule has 0 spiro atoms. The first-order valence-electron chi connectivity index (χ1n) is 8.84. The number of rotatable bonds is 5. The number of furan rings is 1. The zero-order valence-electron chi connectivity index (χ0n) is 15.6. The molecule has 2 aromatic heterocycles. The number of nitrogens with zero attached hydrogens (tertiary/aromatic N) is 2. The second kappa shape index (κ2) is 7.19. The number of amides is 1. The fourth-order valence-corrected chi connectivity index (χ4v) is 3.33. The standard InChI is InChI=1S/C21H19N3O4/c1-13-17-6-4-3-5-14(17)9-18(13)20(25)23-15-10-22-24(11-15)12-16-7-8-19(28-16)21(26)27-2/h3-8,10-11H,9,12H2,1-2H3,(H,23,25). The molecule has 7 nitrogen and oxygen atoms in total. The molecule has 3 aromatic rings. The van der Waals surface area contributed by atoms with E-state index in [2.05, 4.69) is 15.2 Å². The van der Waals surface area contributed by atoms with E-state index in [4.69, 9.17) is 4.42 Å². The second-order valence-electron chi connectivity index (χ2n) is 6.58. The number of carbonyl (C=O) groups is 2. The highest BCUT2D eigenvalue weighted by molar-refractivity contribution is 6.10. The molecule has 28 heavy (non-hydrogen) atoms. The number of anilines is 1. The average Bonchev–Trinajstić information content (AvgIpc) is 3.42. The van der Waals surface area contributed by atoms with Crippen molar-refractivity contribution in [1.29, 1.82) is 0 Å². The van der Waals surface area contributed by atoms with Gasteiger partial charge in [-0.3, -0.25) is 9.48 Å². The highest BCUT2D eigenvalue weighted by atomic mass is 16.5. The minimum absolute atomic E-state index is 0.126. The summed E-state index contributed by atoms with van der Waals surface area (Å²) in [6.07, 6.45) is 3.93. The van der Waals surface area contributed by atoms with Crippen LogP contribution in [0.2, 0.25) is 0 Å². The number of fused-ring (bicyclic) bond motifs is 1. The summed E-state index contributed by atoms with van der Waals surface area (Å²) in [5, 5.41) is 7.14. The number of hydrogen-bond donors (Lipinski definition) is 1. The number of benzene rings is 1. The maximum Gasteiger partial charge on any atom is 0.373 e. The molecule has 0 bridgehead atoms. The van der Waals surface area contributed by atoms with Crippen molar-refractivity contribution in [2.45, 2.75) is 19.9 Å². The Labute approximate surface area is 161 Å². The van der Waals surface area contributed by atoms with Crippen molar-refractivity contribution in [3.05, 3.63) is 77.0 Å². The number of esters is 1. The van der Waals surface area contributed by atoms with Crippen LogP contribution in [0.15, 0.2) is 58.8 Å². The van der Waals surface area contributed by atoms with E-state index in [1.165, 1.54) is 12.7 Å². The SMILES string of the molecule is COC(=O)c1ccc(Cn2cc(NC(=O)C3=C(C)c4ccccc4C3)cn2)o1. The van der Waals surface area contributed by atoms with E-state index >= 15 is 0 Å². The third kappa shape index (κ3) is 3.34. The van der Waals surface area contributed by atoms with Gasteiger partial charge in [0.25, 0.3) is 5.91 Å². The molecule has 0 saturated heterocycles. The van der Waals surface area contributed by atoms with Gasteiger partial charge in [0.1, 0.15) is 5.76 Å². The lowest BCUT2D eigenvalue weighted by atomic mass is 10.1. The van der Waals surface area contributed by atoms with Crippen molar-refractivity contribution < 1.29 is 18.7 Å². The van der Waals surface area contributed by atoms with Crippen LogP contribution in [-0.4, -0.2) is 28.8 Å². The van der Waals surface area contributed by atoms with Crippen molar-refractivity contribution in [3.63, 3.8) is 0 Å². The minimum Gasteiger partial charge on any atom is -0.463 e. The highest BCUT2D eigenvalue weighted by Gasteiger charge is 2.23. The first-order valence-corrected chi connectivity index (χ1v) is 8.84. The average molecular weight is 377 g/mol. The van der Waals surface area contributed by atoms with Crippen molar-refractivity contribution in [3.8, 4) is 0 Å². The van der Waals surface area contributed by atoms with E-state index < -0.39 is 5.97 Å². The van der Waals surface area contributed by atoms with Gasteiger partial charge in [-0.1, -0.05) is 24.3 Å². The van der Waals surface area contributed by atoms with Crippen LogP contribution >= 0.6 is 0 Å². The third-order valence-corrected chi connectivity index (χ3v) is 4.77. The normalized spacial score (nSPS) is 12.8. The van der Waals surface area contributed by atoms with Crippen LogP contribution in [0, 0.1) is 0 Å². The molecule has 1 aliphatic rings. The third-order valence-electron chi connectivity index (χ3n) is 4.77. The van der Waals surface area contributed by atoms with Crippen molar-refractivity contribution >= 4 is 23.1 Å². The van der Waals surface area contributed by atoms with Crippen molar-refractivity contribution in [2.24, 2.45) is 0 Å². The van der Waals surface area contributed by atoms with Gasteiger partial charge in [0.15, 0.2) is 0 Å². The second-order valence-corrected chi connectivity index (χ2v) is 6.58. The Kier molecular flexibility index (Phi) is 4.57. The van der Waals surface area contributed by atoms with Gasteiger partial charge in [-0.25, -0.2) is 4.79 Å². The Hall–Kier alpha value is -3.61. The van der Waals surface area contributed by atoms with E-state index in [-0.39, 0.29) is 11.7 Å². The van der Waals surface area contributed by atoms with Gasteiger partial charge in [-0.2, -0.15) is 5.10 Å². The Balaban J connectivity index is 1.43. The lowest BCUT2D eigenvalue weighted by Crippen LogP contribution is -2.14. The molecule has 0 fully saturated rings. The zero-order chi connectivity index (χ0) is 19.7. The fraction of sp³-hybridized carbons (Fsp3) is 0.190. The molecule has 4 rings (SSSR count). The number of nitrogens with one attached hydrogen (secondary N) is 1. The predicted molar refractivity (Wildman–Crippen MR) is 103 cm³/mol. The molecule has 1 aliphatic carbocycles. The Morgan fingerprint density at radius 3 is 2.86 bits per heavy atom. The van der Waals surface area contributed by atoms with Crippen LogP contribution in [0.1, 0.15) is 34.4 Å². The smallest absolute Gasteiger partial charge is 0.373 e. The van der Waals surface area contributed by atoms with Crippen LogP contribution in [0.3, 0.4) is 0 Å². The summed E-state index contributed by atoms with van der Waals surface area (Å²) in [7, 11) is 1.30. The number of carbonyl (C=O) groups excluding carboxylic acids is 2. The largest absolute Gasteiger partial charge is 0.463 e. The monoisotopic (exact) mass is 377 g/mol. The molecule has 1 amide bonds. The van der Waals surface area contributed by atoms with E-state index in [0.29, 0.717) is 24.4 Å².